The van der Waals surface area contributed by atoms with Gasteiger partial charge in [-0.05, 0) is 63.4 Å². The second-order valence-corrected chi connectivity index (χ2v) is 6.63. The Kier molecular flexibility index (Phi) is 4.81. The van der Waals surface area contributed by atoms with Crippen molar-refractivity contribution in [1.29, 1.82) is 0 Å². The van der Waals surface area contributed by atoms with Crippen LogP contribution < -0.4 is 0 Å². The Bertz CT molecular complexity index is 431. The number of phenolic OH excluding ortho intramolecular Hbond substituents is 1. The lowest BCUT2D eigenvalue weighted by Crippen LogP contribution is -2.47. The van der Waals surface area contributed by atoms with Crippen molar-refractivity contribution < 1.29 is 5.11 Å². The Morgan fingerprint density at radius 2 is 1.57 bits per heavy atom. The van der Waals surface area contributed by atoms with Gasteiger partial charge in [-0.1, -0.05) is 18.6 Å². The van der Waals surface area contributed by atoms with Crippen molar-refractivity contribution in [3.63, 3.8) is 0 Å². The van der Waals surface area contributed by atoms with Gasteiger partial charge in [-0.25, -0.2) is 0 Å². The predicted octanol–water partition coefficient (Wildman–Crippen LogP) is 3.40. The lowest BCUT2D eigenvalue weighted by Gasteiger charge is -2.42. The van der Waals surface area contributed by atoms with Crippen LogP contribution in [0.2, 0.25) is 0 Å². The lowest BCUT2D eigenvalue weighted by molar-refractivity contribution is 0.0758. The fourth-order valence-electron chi connectivity index (χ4n) is 3.89. The summed E-state index contributed by atoms with van der Waals surface area (Å²) in [6.07, 6.45) is 6.83. The fraction of sp³-hybridized carbons (Fsp3) is 0.667. The molecule has 2 aliphatic heterocycles. The Morgan fingerprint density at radius 1 is 0.952 bits per heavy atom. The number of phenols is 1. The molecule has 0 spiro atoms. The maximum atomic E-state index is 9.41. The third-order valence-corrected chi connectivity index (χ3v) is 5.33. The number of nitrogens with zero attached hydrogens (tertiary/aromatic N) is 2. The minimum Gasteiger partial charge on any atom is -0.508 e. The highest BCUT2D eigenvalue weighted by Crippen LogP contribution is 2.28. The molecule has 0 radical (unpaired) electrons. The van der Waals surface area contributed by atoms with Crippen LogP contribution in [0.4, 0.5) is 0 Å². The molecule has 21 heavy (non-hydrogen) atoms. The van der Waals surface area contributed by atoms with E-state index in [-0.39, 0.29) is 0 Å². The maximum absolute atomic E-state index is 9.41. The smallest absolute Gasteiger partial charge is 0.115 e. The summed E-state index contributed by atoms with van der Waals surface area (Å²) in [5.41, 5.74) is 1.31. The number of hydrogen-bond acceptors (Lipinski definition) is 3. The van der Waals surface area contributed by atoms with Gasteiger partial charge >= 0.3 is 0 Å². The minimum atomic E-state index is 0.356. The highest BCUT2D eigenvalue weighted by molar-refractivity contribution is 5.27. The first-order chi connectivity index (χ1) is 10.2. The van der Waals surface area contributed by atoms with Gasteiger partial charge in [0, 0.05) is 25.2 Å². The summed E-state index contributed by atoms with van der Waals surface area (Å²) in [4.78, 5) is 5.32. The summed E-state index contributed by atoms with van der Waals surface area (Å²) < 4.78 is 0. The molecular formula is C18H28N2O. The van der Waals surface area contributed by atoms with Crippen LogP contribution in [0.25, 0.3) is 0 Å². The first-order valence-corrected chi connectivity index (χ1v) is 8.51. The summed E-state index contributed by atoms with van der Waals surface area (Å²) in [5, 5.41) is 9.41. The largest absolute Gasteiger partial charge is 0.508 e. The molecule has 2 saturated heterocycles. The molecular weight excluding hydrogens is 260 g/mol. The van der Waals surface area contributed by atoms with Gasteiger partial charge < -0.3 is 10.0 Å². The van der Waals surface area contributed by atoms with Gasteiger partial charge in [-0.2, -0.15) is 0 Å². The molecule has 1 aromatic carbocycles. The quantitative estimate of drug-likeness (QED) is 0.923. The van der Waals surface area contributed by atoms with Crippen molar-refractivity contribution in [3.8, 4) is 5.75 Å². The standard InChI is InChI=1S/C18H28N2O/c1-15(16-5-7-18(21)8-6-16)19-13-9-17(10-14-19)20-11-3-2-4-12-20/h5-8,15,17,21H,2-4,9-14H2,1H3. The lowest BCUT2D eigenvalue weighted by atomic mass is 9.97. The zero-order valence-electron chi connectivity index (χ0n) is 13.2. The van der Waals surface area contributed by atoms with Gasteiger partial charge in [0.15, 0.2) is 0 Å². The van der Waals surface area contributed by atoms with Crippen LogP contribution in [-0.4, -0.2) is 47.1 Å². The van der Waals surface area contributed by atoms with E-state index in [4.69, 9.17) is 0 Å². The van der Waals surface area contributed by atoms with Gasteiger partial charge in [0.05, 0.1) is 0 Å². The van der Waals surface area contributed by atoms with Gasteiger partial charge in [0.1, 0.15) is 5.75 Å². The van der Waals surface area contributed by atoms with Crippen molar-refractivity contribution in [2.75, 3.05) is 26.2 Å². The molecule has 116 valence electrons. The van der Waals surface area contributed by atoms with Crippen LogP contribution >= 0.6 is 0 Å². The van der Waals surface area contributed by atoms with Crippen LogP contribution in [0.1, 0.15) is 50.6 Å². The average Bonchev–Trinajstić information content (AvgIpc) is 2.56. The number of likely N-dealkylation sites (tertiary alicyclic amines) is 2. The topological polar surface area (TPSA) is 26.7 Å². The van der Waals surface area contributed by atoms with Crippen molar-refractivity contribution in [1.82, 2.24) is 9.80 Å². The van der Waals surface area contributed by atoms with Gasteiger partial charge in [-0.3, -0.25) is 4.90 Å². The van der Waals surface area contributed by atoms with E-state index in [1.807, 2.05) is 0 Å². The van der Waals surface area contributed by atoms with E-state index < -0.39 is 0 Å². The van der Waals surface area contributed by atoms with E-state index in [2.05, 4.69) is 28.9 Å². The molecule has 3 heteroatoms. The van der Waals surface area contributed by atoms with Gasteiger partial charge in [-0.15, -0.1) is 0 Å². The number of benzene rings is 1. The minimum absolute atomic E-state index is 0.356. The summed E-state index contributed by atoms with van der Waals surface area (Å²) in [6, 6.07) is 8.97. The Labute approximate surface area is 128 Å². The molecule has 0 bridgehead atoms. The van der Waals surface area contributed by atoms with E-state index in [1.165, 1.54) is 63.8 Å². The second kappa shape index (κ2) is 6.80. The monoisotopic (exact) mass is 288 g/mol. The molecule has 1 N–H and O–H groups in total. The third-order valence-electron chi connectivity index (χ3n) is 5.33. The van der Waals surface area contributed by atoms with Crippen molar-refractivity contribution >= 4 is 0 Å². The van der Waals surface area contributed by atoms with Crippen LogP contribution in [0.5, 0.6) is 5.75 Å². The molecule has 0 amide bonds. The number of rotatable bonds is 3. The van der Waals surface area contributed by atoms with Crippen molar-refractivity contribution in [2.45, 2.75) is 51.1 Å². The van der Waals surface area contributed by atoms with Crippen LogP contribution in [0, 0.1) is 0 Å². The number of piperidine rings is 2. The zero-order chi connectivity index (χ0) is 14.7. The molecule has 2 aliphatic rings. The molecule has 3 nitrogen and oxygen atoms in total. The Morgan fingerprint density at radius 3 is 2.19 bits per heavy atom. The Hall–Kier alpha value is -1.06. The van der Waals surface area contributed by atoms with Crippen LogP contribution in [0.3, 0.4) is 0 Å². The van der Waals surface area contributed by atoms with Crippen LogP contribution in [-0.2, 0) is 0 Å². The zero-order valence-corrected chi connectivity index (χ0v) is 13.2. The molecule has 1 atom stereocenters. The fourth-order valence-corrected chi connectivity index (χ4v) is 3.89. The highest BCUT2D eigenvalue weighted by atomic mass is 16.3. The van der Waals surface area contributed by atoms with E-state index in [0.29, 0.717) is 11.8 Å². The van der Waals surface area contributed by atoms with E-state index in [0.717, 1.165) is 6.04 Å². The van der Waals surface area contributed by atoms with Crippen molar-refractivity contribution in [3.05, 3.63) is 29.8 Å². The number of aromatic hydroxyl groups is 1. The summed E-state index contributed by atoms with van der Waals surface area (Å²) in [7, 11) is 0. The normalized spacial score (nSPS) is 24.0. The Balaban J connectivity index is 1.53. The molecule has 2 fully saturated rings. The molecule has 0 saturated carbocycles. The molecule has 0 aromatic heterocycles. The van der Waals surface area contributed by atoms with Crippen molar-refractivity contribution in [2.24, 2.45) is 0 Å². The highest BCUT2D eigenvalue weighted by Gasteiger charge is 2.27. The maximum Gasteiger partial charge on any atom is 0.115 e. The van der Waals surface area contributed by atoms with E-state index >= 15 is 0 Å². The van der Waals surface area contributed by atoms with Gasteiger partial charge in [0.2, 0.25) is 0 Å². The molecule has 1 unspecified atom stereocenters. The molecule has 0 aliphatic carbocycles. The average molecular weight is 288 g/mol. The van der Waals surface area contributed by atoms with E-state index in [9.17, 15) is 5.11 Å². The van der Waals surface area contributed by atoms with Crippen LogP contribution in [0.15, 0.2) is 24.3 Å². The summed E-state index contributed by atoms with van der Waals surface area (Å²) in [5.74, 6) is 0.356. The first kappa shape index (κ1) is 14.9. The summed E-state index contributed by atoms with van der Waals surface area (Å²) in [6.45, 7) is 7.32. The predicted molar refractivity (Wildman–Crippen MR) is 86.5 cm³/mol. The first-order valence-electron chi connectivity index (χ1n) is 8.51. The second-order valence-electron chi connectivity index (χ2n) is 6.63. The molecule has 3 rings (SSSR count). The number of hydrogen-bond donors (Lipinski definition) is 1. The SMILES string of the molecule is CC(c1ccc(O)cc1)N1CCC(N2CCCCC2)CC1. The van der Waals surface area contributed by atoms with Gasteiger partial charge in [0.25, 0.3) is 0 Å². The molecule has 2 heterocycles. The van der Waals surface area contributed by atoms with E-state index in [1.54, 1.807) is 12.1 Å². The molecule has 1 aromatic rings. The third kappa shape index (κ3) is 3.58. The summed E-state index contributed by atoms with van der Waals surface area (Å²) >= 11 is 0.